The van der Waals surface area contributed by atoms with E-state index < -0.39 is 5.56 Å². The third-order valence-corrected chi connectivity index (χ3v) is 2.40. The Labute approximate surface area is 116 Å². The smallest absolute Gasteiger partial charge is 0.279 e. The maximum atomic E-state index is 11.9. The van der Waals surface area contributed by atoms with Crippen molar-refractivity contribution in [3.05, 3.63) is 46.8 Å². The van der Waals surface area contributed by atoms with E-state index in [2.05, 4.69) is 20.6 Å². The van der Waals surface area contributed by atoms with E-state index in [1.54, 1.807) is 37.3 Å². The molecule has 0 spiro atoms. The Morgan fingerprint density at radius 3 is 2.50 bits per heavy atom. The van der Waals surface area contributed by atoms with Gasteiger partial charge in [0.15, 0.2) is 5.69 Å². The zero-order valence-corrected chi connectivity index (χ0v) is 11.3. The second-order valence-electron chi connectivity index (χ2n) is 4.36. The lowest BCUT2D eigenvalue weighted by molar-refractivity contribution is 0.492. The number of azo groups is 1. The first kappa shape index (κ1) is 13.8. The largest absolute Gasteiger partial charge is 0.397 e. The minimum absolute atomic E-state index is 0.0955. The minimum atomic E-state index is -0.394. The molecule has 0 fully saturated rings. The topological polar surface area (TPSA) is 98.9 Å². The van der Waals surface area contributed by atoms with Gasteiger partial charge in [-0.3, -0.25) is 4.79 Å². The number of rotatable bonds is 4. The summed E-state index contributed by atoms with van der Waals surface area (Å²) in [6, 6.07) is 10.7. The molecule has 0 saturated heterocycles. The quantitative estimate of drug-likeness (QED) is 0.587. The predicted octanol–water partition coefficient (Wildman–Crippen LogP) is 2.26. The second-order valence-corrected chi connectivity index (χ2v) is 4.36. The molecule has 4 N–H and O–H groups in total. The molecule has 2 aromatic rings. The third-order valence-electron chi connectivity index (χ3n) is 2.40. The van der Waals surface area contributed by atoms with Crippen LogP contribution in [-0.2, 0) is 0 Å². The van der Waals surface area contributed by atoms with Crippen LogP contribution < -0.4 is 16.7 Å². The fraction of sp³-hybridized carbons (Fsp3) is 0.154. The number of nitrogens with two attached hydrogens (primary N) is 1. The Hall–Kier alpha value is -2.67. The van der Waals surface area contributed by atoms with E-state index >= 15 is 0 Å². The first-order valence-corrected chi connectivity index (χ1v) is 6.00. The number of nitrogens with zero attached hydrogens (tertiary/aromatic N) is 3. The van der Waals surface area contributed by atoms with Gasteiger partial charge < -0.3 is 16.1 Å². The monoisotopic (exact) mass is 272 g/mol. The van der Waals surface area contributed by atoms with Gasteiger partial charge in [0.05, 0.1) is 11.4 Å². The summed E-state index contributed by atoms with van der Waals surface area (Å²) in [7, 11) is 3.61. The summed E-state index contributed by atoms with van der Waals surface area (Å²) < 4.78 is 0. The van der Waals surface area contributed by atoms with Crippen molar-refractivity contribution in [2.45, 2.75) is 0 Å². The summed E-state index contributed by atoms with van der Waals surface area (Å²) in [5.74, 6) is 0.496. The molecule has 0 atom stereocenters. The Kier molecular flexibility index (Phi) is 4.11. The summed E-state index contributed by atoms with van der Waals surface area (Å²) in [6.07, 6.45) is 0. The van der Waals surface area contributed by atoms with Gasteiger partial charge in [-0.2, -0.15) is 5.11 Å². The van der Waals surface area contributed by atoms with Crippen molar-refractivity contribution in [3.8, 4) is 0 Å². The lowest BCUT2D eigenvalue weighted by Gasteiger charge is -2.13. The molecular formula is C13H16N6O. The number of pyridine rings is 1. The normalized spacial score (nSPS) is 11.2. The van der Waals surface area contributed by atoms with Gasteiger partial charge in [-0.15, -0.1) is 5.11 Å². The van der Waals surface area contributed by atoms with E-state index in [0.29, 0.717) is 11.5 Å². The van der Waals surface area contributed by atoms with E-state index in [1.807, 2.05) is 18.2 Å². The Bertz CT molecular complexity index is 662. The highest BCUT2D eigenvalue weighted by atomic mass is 16.1. The maximum absolute atomic E-state index is 11.9. The SMILES string of the molecule is CN(C)Nc1cc(N)c(N=Nc2ccccc2)c(=O)[nH]1. The maximum Gasteiger partial charge on any atom is 0.279 e. The summed E-state index contributed by atoms with van der Waals surface area (Å²) in [5, 5.41) is 9.58. The number of hydrazine groups is 1. The van der Waals surface area contributed by atoms with Gasteiger partial charge in [0.2, 0.25) is 0 Å². The van der Waals surface area contributed by atoms with Gasteiger partial charge in [0.25, 0.3) is 5.56 Å². The number of aromatic amines is 1. The molecule has 7 heteroatoms. The molecule has 0 aliphatic rings. The van der Waals surface area contributed by atoms with Crippen LogP contribution in [0.3, 0.4) is 0 Å². The summed E-state index contributed by atoms with van der Waals surface area (Å²) in [6.45, 7) is 0. The molecule has 1 aromatic carbocycles. The minimum Gasteiger partial charge on any atom is -0.397 e. The van der Waals surface area contributed by atoms with E-state index in [1.165, 1.54) is 0 Å². The van der Waals surface area contributed by atoms with Gasteiger partial charge >= 0.3 is 0 Å². The Morgan fingerprint density at radius 2 is 1.90 bits per heavy atom. The fourth-order valence-corrected chi connectivity index (χ4v) is 1.58. The van der Waals surface area contributed by atoms with Crippen molar-refractivity contribution in [3.63, 3.8) is 0 Å². The third kappa shape index (κ3) is 3.42. The van der Waals surface area contributed by atoms with Crippen molar-refractivity contribution < 1.29 is 0 Å². The zero-order valence-electron chi connectivity index (χ0n) is 11.3. The Morgan fingerprint density at radius 1 is 1.20 bits per heavy atom. The summed E-state index contributed by atoms with van der Waals surface area (Å²) >= 11 is 0. The van der Waals surface area contributed by atoms with Gasteiger partial charge in [0.1, 0.15) is 5.82 Å². The molecule has 20 heavy (non-hydrogen) atoms. The molecule has 0 saturated carbocycles. The lowest BCUT2D eigenvalue weighted by Crippen LogP contribution is -2.22. The van der Waals surface area contributed by atoms with Crippen LogP contribution in [0, 0.1) is 0 Å². The second kappa shape index (κ2) is 5.98. The molecule has 0 aliphatic carbocycles. The van der Waals surface area contributed by atoms with Crippen LogP contribution in [0.25, 0.3) is 0 Å². The molecule has 1 aromatic heterocycles. The van der Waals surface area contributed by atoms with Crippen LogP contribution in [0.5, 0.6) is 0 Å². The number of aromatic nitrogens is 1. The van der Waals surface area contributed by atoms with Crippen LogP contribution in [0.4, 0.5) is 22.9 Å². The molecule has 104 valence electrons. The number of nitrogen functional groups attached to an aromatic ring is 1. The number of H-pyrrole nitrogens is 1. The van der Waals surface area contributed by atoms with Crippen molar-refractivity contribution in [2.75, 3.05) is 25.3 Å². The van der Waals surface area contributed by atoms with Crippen LogP contribution in [0.2, 0.25) is 0 Å². The Balaban J connectivity index is 2.29. The average Bonchev–Trinajstić information content (AvgIpc) is 2.38. The van der Waals surface area contributed by atoms with Crippen LogP contribution in [-0.4, -0.2) is 24.1 Å². The van der Waals surface area contributed by atoms with Crippen LogP contribution >= 0.6 is 0 Å². The van der Waals surface area contributed by atoms with Crippen LogP contribution in [0.1, 0.15) is 0 Å². The molecule has 0 unspecified atom stereocenters. The first-order valence-electron chi connectivity index (χ1n) is 6.00. The van der Waals surface area contributed by atoms with E-state index in [-0.39, 0.29) is 11.4 Å². The van der Waals surface area contributed by atoms with Gasteiger partial charge in [-0.25, -0.2) is 5.01 Å². The summed E-state index contributed by atoms with van der Waals surface area (Å²) in [4.78, 5) is 14.6. The molecule has 0 radical (unpaired) electrons. The highest BCUT2D eigenvalue weighted by molar-refractivity contribution is 5.65. The number of benzene rings is 1. The summed E-state index contributed by atoms with van der Waals surface area (Å²) in [5.41, 5.74) is 9.36. The molecule has 1 heterocycles. The van der Waals surface area contributed by atoms with E-state index in [9.17, 15) is 4.79 Å². The van der Waals surface area contributed by atoms with Crippen molar-refractivity contribution in [1.29, 1.82) is 0 Å². The lowest BCUT2D eigenvalue weighted by atomic mass is 10.3. The number of hydrogen-bond acceptors (Lipinski definition) is 6. The fourth-order valence-electron chi connectivity index (χ4n) is 1.58. The van der Waals surface area contributed by atoms with Crippen LogP contribution in [0.15, 0.2) is 51.4 Å². The van der Waals surface area contributed by atoms with Crippen molar-refractivity contribution in [1.82, 2.24) is 9.99 Å². The van der Waals surface area contributed by atoms with Crippen molar-refractivity contribution in [2.24, 2.45) is 10.2 Å². The number of nitrogens with one attached hydrogen (secondary N) is 2. The van der Waals surface area contributed by atoms with E-state index in [0.717, 1.165) is 0 Å². The first-order chi connectivity index (χ1) is 9.56. The highest BCUT2D eigenvalue weighted by Gasteiger charge is 2.06. The van der Waals surface area contributed by atoms with Gasteiger partial charge in [-0.05, 0) is 12.1 Å². The molecule has 0 amide bonds. The molecule has 2 rings (SSSR count). The standard InChI is InChI=1S/C13H16N6O/c1-19(2)18-11-8-10(14)12(13(20)15-11)17-16-9-6-4-3-5-7-9/h3-8H,1-2H3,(H4,14,15,18,20). The molecule has 0 aliphatic heterocycles. The molecular weight excluding hydrogens is 256 g/mol. The molecule has 0 bridgehead atoms. The van der Waals surface area contributed by atoms with Gasteiger partial charge in [-0.1, -0.05) is 18.2 Å². The van der Waals surface area contributed by atoms with Crippen molar-refractivity contribution >= 4 is 22.9 Å². The predicted molar refractivity (Wildman–Crippen MR) is 79.4 cm³/mol. The number of hydrogen-bond donors (Lipinski definition) is 3. The zero-order chi connectivity index (χ0) is 14.5. The molecule has 7 nitrogen and oxygen atoms in total. The van der Waals surface area contributed by atoms with E-state index in [4.69, 9.17) is 5.73 Å². The highest BCUT2D eigenvalue weighted by Crippen LogP contribution is 2.21. The average molecular weight is 272 g/mol. The van der Waals surface area contributed by atoms with Gasteiger partial charge in [0, 0.05) is 20.2 Å². The number of anilines is 2.